The molecule has 3 aromatic rings. The molecular formula is C19H16ClN3S. The Bertz CT molecular complexity index is 893. The van der Waals surface area contributed by atoms with Gasteiger partial charge in [-0.2, -0.15) is 5.10 Å². The maximum atomic E-state index is 6.59. The predicted molar refractivity (Wildman–Crippen MR) is 108 cm³/mol. The Hall–Kier alpha value is -2.43. The average Bonchev–Trinajstić information content (AvgIpc) is 2.63. The van der Waals surface area contributed by atoms with Gasteiger partial charge >= 0.3 is 0 Å². The molecule has 0 radical (unpaired) electrons. The molecular weight excluding hydrogens is 338 g/mol. The van der Waals surface area contributed by atoms with Crippen LogP contribution < -0.4 is 10.7 Å². The molecule has 0 aliphatic carbocycles. The Morgan fingerprint density at radius 3 is 2.12 bits per heavy atom. The summed E-state index contributed by atoms with van der Waals surface area (Å²) in [5.74, 6) is 0. The number of nitrogens with zero attached hydrogens (tertiary/aromatic N) is 1. The van der Waals surface area contributed by atoms with Crippen molar-refractivity contribution in [2.45, 2.75) is 0 Å². The highest BCUT2D eigenvalue weighted by atomic mass is 35.5. The average molecular weight is 354 g/mol. The van der Waals surface area contributed by atoms with E-state index in [0.717, 1.165) is 32.1 Å². The maximum absolute atomic E-state index is 6.59. The maximum Gasteiger partial charge on any atom is 0.187 e. The standard InChI is InChI=1S/C19H16ClN3S/c1-2-11-21-19(24)23-22-12-17-13-7-3-5-9-15(13)18(20)16-10-6-4-8-14(16)17/h2-10,12H,1,11H2,(H2,21,23,24). The normalized spacial score (nSPS) is 11.0. The highest BCUT2D eigenvalue weighted by molar-refractivity contribution is 7.80. The summed E-state index contributed by atoms with van der Waals surface area (Å²) in [6.07, 6.45) is 3.51. The number of thiocarbonyl (C=S) groups is 1. The van der Waals surface area contributed by atoms with Crippen molar-refractivity contribution in [2.75, 3.05) is 6.54 Å². The van der Waals surface area contributed by atoms with Crippen molar-refractivity contribution in [1.82, 2.24) is 10.7 Å². The SMILES string of the molecule is C=CCNC(=S)NN=Cc1c2ccccc2c(Cl)c2ccccc12. The minimum Gasteiger partial charge on any atom is -0.358 e. The van der Waals surface area contributed by atoms with Gasteiger partial charge in [0.2, 0.25) is 0 Å². The summed E-state index contributed by atoms with van der Waals surface area (Å²) in [4.78, 5) is 0. The minimum atomic E-state index is 0.453. The van der Waals surface area contributed by atoms with Crippen molar-refractivity contribution in [1.29, 1.82) is 0 Å². The van der Waals surface area contributed by atoms with Crippen molar-refractivity contribution < 1.29 is 0 Å². The fraction of sp³-hybridized carbons (Fsp3) is 0.0526. The van der Waals surface area contributed by atoms with Crippen molar-refractivity contribution in [3.63, 3.8) is 0 Å². The third-order valence-corrected chi connectivity index (χ3v) is 4.32. The number of nitrogens with one attached hydrogen (secondary N) is 2. The van der Waals surface area contributed by atoms with Crippen LogP contribution in [-0.4, -0.2) is 17.9 Å². The lowest BCUT2D eigenvalue weighted by molar-refractivity contribution is 0.942. The van der Waals surface area contributed by atoms with Crippen molar-refractivity contribution in [2.24, 2.45) is 5.10 Å². The second-order valence-corrected chi connectivity index (χ2v) is 5.97. The zero-order valence-corrected chi connectivity index (χ0v) is 14.5. The number of hydrogen-bond acceptors (Lipinski definition) is 2. The van der Waals surface area contributed by atoms with Gasteiger partial charge < -0.3 is 5.32 Å². The van der Waals surface area contributed by atoms with Crippen LogP contribution in [0, 0.1) is 0 Å². The zero-order valence-electron chi connectivity index (χ0n) is 12.9. The Morgan fingerprint density at radius 2 is 1.58 bits per heavy atom. The first kappa shape index (κ1) is 16.4. The summed E-state index contributed by atoms with van der Waals surface area (Å²) in [6, 6.07) is 16.1. The molecule has 24 heavy (non-hydrogen) atoms. The van der Waals surface area contributed by atoms with Gasteiger partial charge in [-0.1, -0.05) is 66.2 Å². The molecule has 0 spiro atoms. The summed E-state index contributed by atoms with van der Waals surface area (Å²) in [5, 5.41) is 12.6. The Labute approximate surface area is 151 Å². The number of hydrogen-bond donors (Lipinski definition) is 2. The number of fused-ring (bicyclic) bond motifs is 2. The molecule has 0 fully saturated rings. The second-order valence-electron chi connectivity index (χ2n) is 5.19. The van der Waals surface area contributed by atoms with Gasteiger partial charge in [-0.3, -0.25) is 5.43 Å². The molecule has 0 bridgehead atoms. The molecule has 5 heteroatoms. The molecule has 3 aromatic carbocycles. The third kappa shape index (κ3) is 3.25. The summed E-state index contributed by atoms with van der Waals surface area (Å²) < 4.78 is 0. The van der Waals surface area contributed by atoms with Crippen molar-refractivity contribution in [3.8, 4) is 0 Å². The molecule has 2 N–H and O–H groups in total. The van der Waals surface area contributed by atoms with E-state index in [9.17, 15) is 0 Å². The Morgan fingerprint density at radius 1 is 1.04 bits per heavy atom. The van der Waals surface area contributed by atoms with Gasteiger partial charge in [0.15, 0.2) is 5.11 Å². The van der Waals surface area contributed by atoms with Gasteiger partial charge in [-0.05, 0) is 23.0 Å². The fourth-order valence-corrected chi connectivity index (χ4v) is 3.07. The van der Waals surface area contributed by atoms with Crippen molar-refractivity contribution >= 4 is 56.7 Å². The first-order chi connectivity index (χ1) is 11.7. The molecule has 120 valence electrons. The van der Waals surface area contributed by atoms with Gasteiger partial charge in [0.1, 0.15) is 0 Å². The van der Waals surface area contributed by atoms with E-state index in [0.29, 0.717) is 11.7 Å². The van der Waals surface area contributed by atoms with Crippen LogP contribution in [0.3, 0.4) is 0 Å². The van der Waals surface area contributed by atoms with Crippen LogP contribution in [0.2, 0.25) is 5.02 Å². The number of rotatable bonds is 4. The quantitative estimate of drug-likeness (QED) is 0.236. The van der Waals surface area contributed by atoms with E-state index in [4.69, 9.17) is 23.8 Å². The van der Waals surface area contributed by atoms with Crippen LogP contribution in [0.5, 0.6) is 0 Å². The van der Waals surface area contributed by atoms with E-state index >= 15 is 0 Å². The Balaban J connectivity index is 2.06. The van der Waals surface area contributed by atoms with Crippen LogP contribution in [0.4, 0.5) is 0 Å². The minimum absolute atomic E-state index is 0.453. The summed E-state index contributed by atoms with van der Waals surface area (Å²) >= 11 is 11.7. The molecule has 0 aromatic heterocycles. The van der Waals surface area contributed by atoms with E-state index in [2.05, 4.69) is 22.4 Å². The monoisotopic (exact) mass is 353 g/mol. The van der Waals surface area contributed by atoms with Crippen LogP contribution in [-0.2, 0) is 0 Å². The first-order valence-corrected chi connectivity index (χ1v) is 8.27. The lowest BCUT2D eigenvalue weighted by Gasteiger charge is -2.11. The lowest BCUT2D eigenvalue weighted by Crippen LogP contribution is -2.31. The molecule has 0 atom stereocenters. The number of benzene rings is 3. The summed E-state index contributed by atoms with van der Waals surface area (Å²) in [6.45, 7) is 4.23. The smallest absolute Gasteiger partial charge is 0.187 e. The van der Waals surface area contributed by atoms with Gasteiger partial charge in [0.25, 0.3) is 0 Å². The molecule has 3 nitrogen and oxygen atoms in total. The highest BCUT2D eigenvalue weighted by Gasteiger charge is 2.10. The van der Waals surface area contributed by atoms with E-state index in [1.807, 2.05) is 48.5 Å². The van der Waals surface area contributed by atoms with Gasteiger partial charge in [-0.15, -0.1) is 6.58 Å². The summed E-state index contributed by atoms with van der Waals surface area (Å²) in [7, 11) is 0. The fourth-order valence-electron chi connectivity index (χ4n) is 2.61. The highest BCUT2D eigenvalue weighted by Crippen LogP contribution is 2.35. The van der Waals surface area contributed by atoms with Gasteiger partial charge in [0, 0.05) is 22.9 Å². The Kier molecular flexibility index (Phi) is 5.08. The molecule has 0 saturated heterocycles. The largest absolute Gasteiger partial charge is 0.358 e. The second kappa shape index (κ2) is 7.43. The van der Waals surface area contributed by atoms with E-state index < -0.39 is 0 Å². The summed E-state index contributed by atoms with van der Waals surface area (Å²) in [5.41, 5.74) is 3.82. The zero-order chi connectivity index (χ0) is 16.9. The molecule has 0 aliphatic heterocycles. The molecule has 0 saturated carbocycles. The third-order valence-electron chi connectivity index (χ3n) is 3.67. The van der Waals surface area contributed by atoms with E-state index in [-0.39, 0.29) is 0 Å². The molecule has 3 rings (SSSR count). The van der Waals surface area contributed by atoms with Gasteiger partial charge in [0.05, 0.1) is 11.2 Å². The lowest BCUT2D eigenvalue weighted by atomic mass is 9.97. The van der Waals surface area contributed by atoms with Gasteiger partial charge in [-0.25, -0.2) is 0 Å². The predicted octanol–water partition coefficient (Wildman–Crippen LogP) is 4.63. The molecule has 0 heterocycles. The van der Waals surface area contributed by atoms with Crippen LogP contribution >= 0.6 is 23.8 Å². The molecule has 0 aliphatic rings. The molecule has 0 unspecified atom stereocenters. The van der Waals surface area contributed by atoms with E-state index in [1.54, 1.807) is 12.3 Å². The van der Waals surface area contributed by atoms with Crippen LogP contribution in [0.25, 0.3) is 21.5 Å². The van der Waals surface area contributed by atoms with Crippen LogP contribution in [0.1, 0.15) is 5.56 Å². The first-order valence-electron chi connectivity index (χ1n) is 7.49. The van der Waals surface area contributed by atoms with Crippen molar-refractivity contribution in [3.05, 3.63) is 71.8 Å². The number of halogens is 1. The number of hydrazone groups is 1. The topological polar surface area (TPSA) is 36.4 Å². The van der Waals surface area contributed by atoms with Crippen LogP contribution in [0.15, 0.2) is 66.3 Å². The molecule has 0 amide bonds. The van der Waals surface area contributed by atoms with E-state index in [1.165, 1.54) is 0 Å².